The van der Waals surface area contributed by atoms with E-state index in [1.54, 1.807) is 12.1 Å². The molecule has 0 radical (unpaired) electrons. The van der Waals surface area contributed by atoms with E-state index in [9.17, 15) is 10.1 Å². The molecule has 2 rings (SSSR count). The fourth-order valence-corrected chi connectivity index (χ4v) is 2.72. The maximum atomic E-state index is 10.8. The minimum absolute atomic E-state index is 0.151. The topological polar surface area (TPSA) is 109 Å². The number of aromatic nitrogens is 1. The number of piperidine rings is 1. The fraction of sp³-hybridized carbons (Fsp3) is 0.538. The molecule has 2 unspecified atom stereocenters. The average Bonchev–Trinajstić information content (AvgIpc) is 2.46. The van der Waals surface area contributed by atoms with Gasteiger partial charge in [-0.25, -0.2) is 4.98 Å². The van der Waals surface area contributed by atoms with Gasteiger partial charge in [0.15, 0.2) is 0 Å². The van der Waals surface area contributed by atoms with Crippen molar-refractivity contribution in [1.82, 2.24) is 4.98 Å². The molecule has 1 aromatic rings. The summed E-state index contributed by atoms with van der Waals surface area (Å²) in [4.78, 5) is 16.4. The van der Waals surface area contributed by atoms with Crippen molar-refractivity contribution in [3.8, 4) is 6.07 Å². The van der Waals surface area contributed by atoms with E-state index in [4.69, 9.17) is 11.0 Å². The van der Waals surface area contributed by atoms with E-state index in [2.05, 4.69) is 16.8 Å². The summed E-state index contributed by atoms with van der Waals surface area (Å²) in [5.41, 5.74) is 5.42. The molecular formula is C13H17N5O2. The quantitative estimate of drug-likeness (QED) is 0.660. The van der Waals surface area contributed by atoms with Crippen LogP contribution in [0.15, 0.2) is 12.1 Å². The number of nitrogens with two attached hydrogens (primary N) is 1. The standard InChI is InChI=1S/C13H17N5O2/c1-9-3-2-6-17(12(9)8-15)13-5-4-11(18(19)20)10(7-14)16-13/h4-5,9,12H,2-3,6,8,15H2,1H3. The van der Waals surface area contributed by atoms with Crippen LogP contribution in [0.2, 0.25) is 0 Å². The number of hydrogen-bond donors (Lipinski definition) is 1. The molecule has 2 atom stereocenters. The molecule has 0 amide bonds. The Bertz CT molecular complexity index is 554. The maximum absolute atomic E-state index is 10.8. The Morgan fingerprint density at radius 3 is 3.00 bits per heavy atom. The highest BCUT2D eigenvalue weighted by atomic mass is 16.6. The average molecular weight is 275 g/mol. The number of nitrogens with zero attached hydrogens (tertiary/aromatic N) is 4. The van der Waals surface area contributed by atoms with Crippen LogP contribution in [-0.4, -0.2) is 29.0 Å². The third-order valence-corrected chi connectivity index (χ3v) is 3.81. The van der Waals surface area contributed by atoms with E-state index < -0.39 is 4.92 Å². The van der Waals surface area contributed by atoms with Crippen molar-refractivity contribution < 1.29 is 4.92 Å². The predicted octanol–water partition coefficient (Wildman–Crippen LogP) is 1.43. The second-order valence-electron chi connectivity index (χ2n) is 5.02. The van der Waals surface area contributed by atoms with Crippen LogP contribution in [0, 0.1) is 27.4 Å². The lowest BCUT2D eigenvalue weighted by Gasteiger charge is -2.40. The molecule has 0 aromatic carbocycles. The Balaban J connectivity index is 2.37. The molecule has 1 fully saturated rings. The highest BCUT2D eigenvalue weighted by Crippen LogP contribution is 2.28. The first kappa shape index (κ1) is 14.2. The Kier molecular flexibility index (Phi) is 4.15. The summed E-state index contributed by atoms with van der Waals surface area (Å²) in [6, 6.07) is 4.88. The maximum Gasteiger partial charge on any atom is 0.305 e. The number of nitro groups is 1. The monoisotopic (exact) mass is 275 g/mol. The van der Waals surface area contributed by atoms with Crippen LogP contribution in [0.4, 0.5) is 11.5 Å². The van der Waals surface area contributed by atoms with Crippen LogP contribution in [0.5, 0.6) is 0 Å². The highest BCUT2D eigenvalue weighted by molar-refractivity contribution is 5.52. The Morgan fingerprint density at radius 2 is 2.40 bits per heavy atom. The normalized spacial score (nSPS) is 22.4. The van der Waals surface area contributed by atoms with Crippen molar-refractivity contribution in [2.75, 3.05) is 18.0 Å². The first-order valence-electron chi connectivity index (χ1n) is 6.60. The zero-order valence-corrected chi connectivity index (χ0v) is 11.3. The van der Waals surface area contributed by atoms with Crippen molar-refractivity contribution in [3.05, 3.63) is 27.9 Å². The second-order valence-corrected chi connectivity index (χ2v) is 5.02. The van der Waals surface area contributed by atoms with E-state index in [1.165, 1.54) is 6.07 Å². The fourth-order valence-electron chi connectivity index (χ4n) is 2.72. The largest absolute Gasteiger partial charge is 0.352 e. The van der Waals surface area contributed by atoms with Crippen LogP contribution < -0.4 is 10.6 Å². The molecule has 106 valence electrons. The van der Waals surface area contributed by atoms with Crippen LogP contribution in [-0.2, 0) is 0 Å². The Labute approximate surface area is 117 Å². The van der Waals surface area contributed by atoms with Crippen LogP contribution in [0.3, 0.4) is 0 Å². The summed E-state index contributed by atoms with van der Waals surface area (Å²) in [6.07, 6.45) is 2.13. The molecule has 1 saturated heterocycles. The molecule has 0 saturated carbocycles. The SMILES string of the molecule is CC1CCCN(c2ccc([N+](=O)[O-])c(C#N)n2)C1CN. The lowest BCUT2D eigenvalue weighted by Crippen LogP contribution is -2.49. The number of anilines is 1. The van der Waals surface area contributed by atoms with Gasteiger partial charge in [-0.3, -0.25) is 10.1 Å². The van der Waals surface area contributed by atoms with Gasteiger partial charge in [0.05, 0.1) is 4.92 Å². The van der Waals surface area contributed by atoms with Gasteiger partial charge in [0.25, 0.3) is 0 Å². The molecule has 1 aromatic heterocycles. The number of hydrogen-bond acceptors (Lipinski definition) is 6. The molecule has 1 aliphatic heterocycles. The van der Waals surface area contributed by atoms with Gasteiger partial charge >= 0.3 is 5.69 Å². The van der Waals surface area contributed by atoms with Gasteiger partial charge in [0.2, 0.25) is 5.69 Å². The van der Waals surface area contributed by atoms with Crippen molar-refractivity contribution in [3.63, 3.8) is 0 Å². The van der Waals surface area contributed by atoms with E-state index in [0.717, 1.165) is 19.4 Å². The summed E-state index contributed by atoms with van der Waals surface area (Å²) in [5.74, 6) is 1.03. The number of pyridine rings is 1. The highest BCUT2D eigenvalue weighted by Gasteiger charge is 2.29. The molecule has 20 heavy (non-hydrogen) atoms. The van der Waals surface area contributed by atoms with Gasteiger partial charge in [-0.1, -0.05) is 6.92 Å². The second kappa shape index (κ2) is 5.84. The molecule has 7 nitrogen and oxygen atoms in total. The zero-order valence-electron chi connectivity index (χ0n) is 11.3. The summed E-state index contributed by atoms with van der Waals surface area (Å²) in [7, 11) is 0. The molecule has 0 aliphatic carbocycles. The lowest BCUT2D eigenvalue weighted by atomic mass is 9.91. The van der Waals surface area contributed by atoms with E-state index >= 15 is 0 Å². The molecule has 0 spiro atoms. The first-order chi connectivity index (χ1) is 9.58. The predicted molar refractivity (Wildman–Crippen MR) is 74.2 cm³/mol. The molecule has 7 heteroatoms. The Hall–Kier alpha value is -2.20. The van der Waals surface area contributed by atoms with Gasteiger partial charge < -0.3 is 10.6 Å². The molecule has 0 bridgehead atoms. The number of nitriles is 1. The van der Waals surface area contributed by atoms with E-state index in [-0.39, 0.29) is 17.4 Å². The van der Waals surface area contributed by atoms with Gasteiger partial charge in [-0.15, -0.1) is 0 Å². The summed E-state index contributed by atoms with van der Waals surface area (Å²) in [5, 5.41) is 19.8. The van der Waals surface area contributed by atoms with Gasteiger partial charge in [0.1, 0.15) is 11.9 Å². The summed E-state index contributed by atoms with van der Waals surface area (Å²) >= 11 is 0. The molecular weight excluding hydrogens is 258 g/mol. The van der Waals surface area contributed by atoms with Crippen LogP contribution >= 0.6 is 0 Å². The van der Waals surface area contributed by atoms with Crippen LogP contribution in [0.1, 0.15) is 25.5 Å². The smallest absolute Gasteiger partial charge is 0.305 e. The summed E-state index contributed by atoms with van der Waals surface area (Å²) < 4.78 is 0. The molecule has 1 aliphatic rings. The van der Waals surface area contributed by atoms with Crippen molar-refractivity contribution in [1.29, 1.82) is 5.26 Å². The van der Waals surface area contributed by atoms with Gasteiger partial charge in [-0.2, -0.15) is 5.26 Å². The molecule has 2 N–H and O–H groups in total. The molecule has 2 heterocycles. The van der Waals surface area contributed by atoms with Crippen molar-refractivity contribution >= 4 is 11.5 Å². The van der Waals surface area contributed by atoms with Gasteiger partial charge in [-0.05, 0) is 24.8 Å². The minimum atomic E-state index is -0.589. The van der Waals surface area contributed by atoms with Gasteiger partial charge in [0, 0.05) is 25.2 Å². The Morgan fingerprint density at radius 1 is 1.65 bits per heavy atom. The summed E-state index contributed by atoms with van der Waals surface area (Å²) in [6.45, 7) is 3.45. The minimum Gasteiger partial charge on any atom is -0.352 e. The van der Waals surface area contributed by atoms with Crippen molar-refractivity contribution in [2.24, 2.45) is 11.7 Å². The zero-order chi connectivity index (χ0) is 14.7. The lowest BCUT2D eigenvalue weighted by molar-refractivity contribution is -0.385. The third-order valence-electron chi connectivity index (χ3n) is 3.81. The number of rotatable bonds is 3. The van der Waals surface area contributed by atoms with E-state index in [0.29, 0.717) is 18.3 Å². The van der Waals surface area contributed by atoms with Crippen molar-refractivity contribution in [2.45, 2.75) is 25.8 Å². The first-order valence-corrected chi connectivity index (χ1v) is 6.60. The van der Waals surface area contributed by atoms with E-state index in [1.807, 2.05) is 0 Å². The van der Waals surface area contributed by atoms with Crippen LogP contribution in [0.25, 0.3) is 0 Å². The third kappa shape index (κ3) is 2.56.